The summed E-state index contributed by atoms with van der Waals surface area (Å²) in [5.74, 6) is 0.207. The molecule has 0 aromatic carbocycles. The Hall–Kier alpha value is -0.640. The minimum Gasteiger partial charge on any atom is -0.350 e. The third-order valence-electron chi connectivity index (χ3n) is 3.57. The Morgan fingerprint density at radius 3 is 2.69 bits per heavy atom. The molecule has 1 saturated carbocycles. The lowest BCUT2D eigenvalue weighted by molar-refractivity contribution is -0.129. The fourth-order valence-corrected chi connectivity index (χ4v) is 3.10. The minimum atomic E-state index is -0.0561. The molecular weight excluding hydrogens is 220 g/mol. The molecule has 0 spiro atoms. The molecule has 1 aliphatic carbocycles. The van der Waals surface area contributed by atoms with Crippen molar-refractivity contribution in [1.29, 1.82) is 0 Å². The zero-order chi connectivity index (χ0) is 11.5. The van der Waals surface area contributed by atoms with Crippen LogP contribution in [0.3, 0.4) is 0 Å². The quantitative estimate of drug-likeness (QED) is 0.768. The van der Waals surface area contributed by atoms with Gasteiger partial charge in [0.1, 0.15) is 6.04 Å². The molecule has 1 amide bonds. The van der Waals surface area contributed by atoms with Gasteiger partial charge < -0.3 is 5.32 Å². The highest BCUT2D eigenvalue weighted by atomic mass is 32.1. The number of carbonyl (C=O) groups is 1. The van der Waals surface area contributed by atoms with E-state index in [1.807, 2.05) is 4.90 Å². The molecule has 3 nitrogen and oxygen atoms in total. The molecule has 2 rings (SSSR count). The van der Waals surface area contributed by atoms with Crippen LogP contribution in [0.2, 0.25) is 0 Å². The third kappa shape index (κ3) is 2.21. The maximum absolute atomic E-state index is 12.2. The van der Waals surface area contributed by atoms with Gasteiger partial charge in [0, 0.05) is 6.04 Å². The molecule has 2 fully saturated rings. The van der Waals surface area contributed by atoms with Gasteiger partial charge >= 0.3 is 0 Å². The van der Waals surface area contributed by atoms with Crippen LogP contribution < -0.4 is 5.32 Å². The van der Waals surface area contributed by atoms with Gasteiger partial charge in [-0.3, -0.25) is 9.69 Å². The van der Waals surface area contributed by atoms with E-state index in [4.69, 9.17) is 12.2 Å². The van der Waals surface area contributed by atoms with Gasteiger partial charge in [-0.15, -0.1) is 0 Å². The highest BCUT2D eigenvalue weighted by Gasteiger charge is 2.38. The van der Waals surface area contributed by atoms with Crippen molar-refractivity contribution in [2.24, 2.45) is 0 Å². The molecule has 1 aliphatic heterocycles. The molecule has 0 bridgehead atoms. The van der Waals surface area contributed by atoms with E-state index in [1.54, 1.807) is 0 Å². The van der Waals surface area contributed by atoms with Crippen molar-refractivity contribution in [2.45, 2.75) is 64.0 Å². The molecule has 0 radical (unpaired) electrons. The van der Waals surface area contributed by atoms with E-state index in [9.17, 15) is 4.79 Å². The number of nitrogens with zero attached hydrogens (tertiary/aromatic N) is 1. The maximum atomic E-state index is 12.2. The van der Waals surface area contributed by atoms with Crippen LogP contribution in [0.1, 0.15) is 51.9 Å². The average Bonchev–Trinajstić information content (AvgIpc) is 2.56. The van der Waals surface area contributed by atoms with Crippen molar-refractivity contribution in [3.05, 3.63) is 0 Å². The normalized spacial score (nSPS) is 27.3. The zero-order valence-corrected chi connectivity index (χ0v) is 10.7. The van der Waals surface area contributed by atoms with E-state index in [-0.39, 0.29) is 11.9 Å². The van der Waals surface area contributed by atoms with Gasteiger partial charge in [0.05, 0.1) is 0 Å². The first kappa shape index (κ1) is 11.8. The molecule has 16 heavy (non-hydrogen) atoms. The van der Waals surface area contributed by atoms with E-state index in [1.165, 1.54) is 19.3 Å². The summed E-state index contributed by atoms with van der Waals surface area (Å²) < 4.78 is 0. The first-order valence-corrected chi connectivity index (χ1v) is 6.78. The molecule has 4 heteroatoms. The standard InChI is InChI=1S/C12H20N2OS/c1-2-6-10-11(15)14(12(16)13-10)9-7-4-3-5-8-9/h9-10H,2-8H2,1H3,(H,13,16)/t10-/m1/s1. The van der Waals surface area contributed by atoms with Crippen LogP contribution in [0.4, 0.5) is 0 Å². The average molecular weight is 240 g/mol. The summed E-state index contributed by atoms with van der Waals surface area (Å²) in [6.45, 7) is 2.10. The summed E-state index contributed by atoms with van der Waals surface area (Å²) in [6, 6.07) is 0.308. The second kappa shape index (κ2) is 5.13. The van der Waals surface area contributed by atoms with Gasteiger partial charge in [-0.05, 0) is 31.5 Å². The van der Waals surface area contributed by atoms with E-state index in [0.717, 1.165) is 25.7 Å². The summed E-state index contributed by atoms with van der Waals surface area (Å²) in [4.78, 5) is 14.0. The van der Waals surface area contributed by atoms with Gasteiger partial charge in [-0.2, -0.15) is 0 Å². The predicted octanol–water partition coefficient (Wildman–Crippen LogP) is 2.20. The number of hydrogen-bond acceptors (Lipinski definition) is 2. The van der Waals surface area contributed by atoms with E-state index < -0.39 is 0 Å². The van der Waals surface area contributed by atoms with Crippen LogP contribution in [0.25, 0.3) is 0 Å². The molecule has 1 N–H and O–H groups in total. The first-order chi connectivity index (χ1) is 7.74. The smallest absolute Gasteiger partial charge is 0.251 e. The van der Waals surface area contributed by atoms with Gasteiger partial charge in [0.2, 0.25) is 0 Å². The fourth-order valence-electron chi connectivity index (χ4n) is 2.72. The Kier molecular flexibility index (Phi) is 3.79. The highest BCUT2D eigenvalue weighted by Crippen LogP contribution is 2.26. The lowest BCUT2D eigenvalue weighted by atomic mass is 9.94. The van der Waals surface area contributed by atoms with E-state index in [0.29, 0.717) is 11.2 Å². The van der Waals surface area contributed by atoms with Crippen LogP contribution in [-0.2, 0) is 4.79 Å². The van der Waals surface area contributed by atoms with Crippen molar-refractivity contribution in [1.82, 2.24) is 10.2 Å². The third-order valence-corrected chi connectivity index (χ3v) is 3.88. The number of hydrogen-bond donors (Lipinski definition) is 1. The highest BCUT2D eigenvalue weighted by molar-refractivity contribution is 7.80. The lowest BCUT2D eigenvalue weighted by Gasteiger charge is -2.30. The van der Waals surface area contributed by atoms with Crippen LogP contribution in [0.15, 0.2) is 0 Å². The van der Waals surface area contributed by atoms with Crippen molar-refractivity contribution < 1.29 is 4.79 Å². The molecule has 1 atom stereocenters. The van der Waals surface area contributed by atoms with E-state index >= 15 is 0 Å². The van der Waals surface area contributed by atoms with Gasteiger partial charge in [-0.25, -0.2) is 0 Å². The largest absolute Gasteiger partial charge is 0.350 e. The second-order valence-corrected chi connectivity index (χ2v) is 5.18. The number of nitrogens with one attached hydrogen (secondary N) is 1. The number of thiocarbonyl (C=S) groups is 1. The topological polar surface area (TPSA) is 32.3 Å². The van der Waals surface area contributed by atoms with Crippen LogP contribution in [0.5, 0.6) is 0 Å². The molecule has 90 valence electrons. The van der Waals surface area contributed by atoms with Crippen LogP contribution in [-0.4, -0.2) is 28.0 Å². The van der Waals surface area contributed by atoms with Crippen molar-refractivity contribution in [3.63, 3.8) is 0 Å². The molecule has 0 unspecified atom stereocenters. The molecule has 1 heterocycles. The van der Waals surface area contributed by atoms with Crippen molar-refractivity contribution >= 4 is 23.2 Å². The van der Waals surface area contributed by atoms with Gasteiger partial charge in [0.15, 0.2) is 5.11 Å². The Morgan fingerprint density at radius 1 is 1.38 bits per heavy atom. The second-order valence-electron chi connectivity index (χ2n) is 4.79. The molecule has 2 aliphatic rings. The summed E-state index contributed by atoms with van der Waals surface area (Å²) in [5, 5.41) is 3.82. The van der Waals surface area contributed by atoms with Gasteiger partial charge in [-0.1, -0.05) is 32.6 Å². The number of carbonyl (C=O) groups excluding carboxylic acids is 1. The van der Waals surface area contributed by atoms with Crippen molar-refractivity contribution in [2.75, 3.05) is 0 Å². The minimum absolute atomic E-state index is 0.0561. The maximum Gasteiger partial charge on any atom is 0.251 e. The van der Waals surface area contributed by atoms with Crippen LogP contribution in [0, 0.1) is 0 Å². The molecule has 0 aromatic rings. The summed E-state index contributed by atoms with van der Waals surface area (Å²) in [7, 11) is 0. The Bertz CT molecular complexity index is 287. The fraction of sp³-hybridized carbons (Fsp3) is 0.833. The van der Waals surface area contributed by atoms with E-state index in [2.05, 4.69) is 12.2 Å². The Labute approximate surface area is 103 Å². The summed E-state index contributed by atoms with van der Waals surface area (Å²) >= 11 is 5.28. The summed E-state index contributed by atoms with van der Waals surface area (Å²) in [5.41, 5.74) is 0. The monoisotopic (exact) mass is 240 g/mol. The lowest BCUT2D eigenvalue weighted by Crippen LogP contribution is -2.41. The molecular formula is C12H20N2OS. The number of rotatable bonds is 3. The SMILES string of the molecule is CCC[C@H]1NC(=S)N(C2CCCCC2)C1=O. The van der Waals surface area contributed by atoms with Crippen LogP contribution >= 0.6 is 12.2 Å². The molecule has 1 saturated heterocycles. The predicted molar refractivity (Wildman–Crippen MR) is 68.1 cm³/mol. The summed E-state index contributed by atoms with van der Waals surface area (Å²) in [6.07, 6.45) is 7.91. The molecule has 0 aromatic heterocycles. The Morgan fingerprint density at radius 2 is 2.06 bits per heavy atom. The first-order valence-electron chi connectivity index (χ1n) is 6.37. The van der Waals surface area contributed by atoms with Gasteiger partial charge in [0.25, 0.3) is 5.91 Å². The Balaban J connectivity index is 2.03. The van der Waals surface area contributed by atoms with Crippen molar-refractivity contribution in [3.8, 4) is 0 Å². The zero-order valence-electron chi connectivity index (χ0n) is 9.87. The number of amides is 1.